The van der Waals surface area contributed by atoms with Crippen molar-refractivity contribution in [3.8, 4) is 73.5 Å². The van der Waals surface area contributed by atoms with Gasteiger partial charge < -0.3 is 4.57 Å². The highest BCUT2D eigenvalue weighted by Gasteiger charge is 2.20. The van der Waals surface area contributed by atoms with Gasteiger partial charge in [-0.25, -0.2) is 19.9 Å². The van der Waals surface area contributed by atoms with Gasteiger partial charge in [0, 0.05) is 50.5 Å². The highest BCUT2D eigenvalue weighted by molar-refractivity contribution is 6.11. The summed E-state index contributed by atoms with van der Waals surface area (Å²) in [5.41, 5.74) is 9.80. The lowest BCUT2D eigenvalue weighted by Crippen LogP contribution is -2.00. The smallest absolute Gasteiger partial charge is 0.164 e. The van der Waals surface area contributed by atoms with E-state index in [1.807, 2.05) is 103 Å². The zero-order valence-corrected chi connectivity index (χ0v) is 30.9. The molecule has 0 N–H and O–H groups in total. The Balaban J connectivity index is 1.12. The van der Waals surface area contributed by atoms with Crippen LogP contribution in [0.3, 0.4) is 0 Å². The summed E-state index contributed by atoms with van der Waals surface area (Å²) in [5.74, 6) is 1.66. The molecule has 11 rings (SSSR count). The van der Waals surface area contributed by atoms with E-state index in [-0.39, 0.29) is 17.6 Å². The summed E-state index contributed by atoms with van der Waals surface area (Å²) in [7, 11) is 0. The van der Waals surface area contributed by atoms with Gasteiger partial charge in [0.2, 0.25) is 0 Å². The summed E-state index contributed by atoms with van der Waals surface area (Å²) in [6.07, 6.45) is 1.80. The van der Waals surface area contributed by atoms with Gasteiger partial charge in [-0.05, 0) is 53.6 Å². The quantitative estimate of drug-likeness (QED) is 0.163. The average Bonchev–Trinajstić information content (AvgIpc) is 3.89. The molecule has 0 atom stereocenters. The van der Waals surface area contributed by atoms with Crippen LogP contribution in [0.25, 0.3) is 101 Å². The normalized spacial score (nSPS) is 12.7. The van der Waals surface area contributed by atoms with Crippen LogP contribution in [0.15, 0.2) is 206 Å². The van der Waals surface area contributed by atoms with E-state index in [1.54, 1.807) is 10.6 Å². The third-order valence-electron chi connectivity index (χ3n) is 10.5. The first-order valence-corrected chi connectivity index (χ1v) is 19.0. The maximum Gasteiger partial charge on any atom is 0.164 e. The van der Waals surface area contributed by atoms with Crippen LogP contribution < -0.4 is 0 Å². The Morgan fingerprint density at radius 1 is 0.397 bits per heavy atom. The number of pyridine rings is 1. The zero-order valence-electron chi connectivity index (χ0n) is 35.9. The second-order valence-electron chi connectivity index (χ2n) is 14.0. The third-order valence-corrected chi connectivity index (χ3v) is 10.5. The van der Waals surface area contributed by atoms with E-state index in [1.165, 1.54) is 0 Å². The van der Waals surface area contributed by atoms with Crippen molar-refractivity contribution >= 4 is 27.5 Å². The Hall–Kier alpha value is -7.96. The Morgan fingerprint density at radius 2 is 0.948 bits per heavy atom. The molecule has 0 spiro atoms. The van der Waals surface area contributed by atoms with E-state index < -0.39 is 18.1 Å². The van der Waals surface area contributed by atoms with Gasteiger partial charge in [0.1, 0.15) is 5.65 Å². The summed E-state index contributed by atoms with van der Waals surface area (Å²) in [5, 5.41) is 2.01. The SMILES string of the molecule is [2H]c1c([2H])c([2H])c(-c2c(-c3ccc4c5ccc(-c6nc(-c7ccccc7)nc(-c7cccc(-c8ccccc8)c7)n6)cc5n(-c5ccccc5)c4c3)nc3ccccn23)c([2H])c1[2H]. The number of imidazole rings is 1. The second kappa shape index (κ2) is 14.0. The number of rotatable bonds is 7. The minimum Gasteiger partial charge on any atom is -0.309 e. The van der Waals surface area contributed by atoms with E-state index in [4.69, 9.17) is 26.8 Å². The molecule has 0 aliphatic rings. The summed E-state index contributed by atoms with van der Waals surface area (Å²) >= 11 is 0. The van der Waals surface area contributed by atoms with Gasteiger partial charge in [0.05, 0.1) is 29.3 Å². The number of hydrogen-bond acceptors (Lipinski definition) is 4. The lowest BCUT2D eigenvalue weighted by Gasteiger charge is -2.11. The molecule has 58 heavy (non-hydrogen) atoms. The van der Waals surface area contributed by atoms with Crippen LogP contribution >= 0.6 is 0 Å². The van der Waals surface area contributed by atoms with Crippen molar-refractivity contribution < 1.29 is 6.85 Å². The standard InChI is InChI=1S/C52H34N6/c1-5-16-35(17-6-1)38-22-15-23-40(32-38)51-54-50(37-20-9-3-10-21-37)55-52(56-51)41-28-30-44-43-29-27-39(33-45(43)58(46(44)34-41)42-24-11-4-12-25-42)48-49(36-18-7-2-8-19-36)57-31-14-13-26-47(57)53-48/h1-34H/i2D,7D,8D,18D,19D. The van der Waals surface area contributed by atoms with Crippen molar-refractivity contribution in [2.24, 2.45) is 0 Å². The predicted octanol–water partition coefficient (Wildman–Crippen LogP) is 12.6. The molecule has 0 bridgehead atoms. The fourth-order valence-electron chi connectivity index (χ4n) is 7.78. The van der Waals surface area contributed by atoms with Gasteiger partial charge in [-0.2, -0.15) is 0 Å². The minimum absolute atomic E-state index is 0.0847. The van der Waals surface area contributed by atoms with Crippen molar-refractivity contribution in [2.45, 2.75) is 0 Å². The molecular weight excluding hydrogens is 709 g/mol. The maximum atomic E-state index is 8.93. The molecule has 4 heterocycles. The molecule has 0 saturated heterocycles. The maximum absolute atomic E-state index is 8.93. The first-order valence-electron chi connectivity index (χ1n) is 21.5. The van der Waals surface area contributed by atoms with Gasteiger partial charge >= 0.3 is 0 Å². The van der Waals surface area contributed by atoms with Crippen LogP contribution in [0.4, 0.5) is 0 Å². The van der Waals surface area contributed by atoms with Gasteiger partial charge in [0.25, 0.3) is 0 Å². The molecule has 7 aromatic carbocycles. The summed E-state index contributed by atoms with van der Waals surface area (Å²) < 4.78 is 47.1. The Bertz CT molecular complexity index is 3540. The molecule has 0 radical (unpaired) electrons. The van der Waals surface area contributed by atoms with Crippen LogP contribution in [0.1, 0.15) is 6.85 Å². The molecule has 11 aromatic rings. The van der Waals surface area contributed by atoms with Crippen molar-refractivity contribution in [3.63, 3.8) is 0 Å². The number of aromatic nitrogens is 6. The van der Waals surface area contributed by atoms with Crippen LogP contribution in [-0.4, -0.2) is 28.9 Å². The molecule has 6 nitrogen and oxygen atoms in total. The Kier molecular flexibility index (Phi) is 6.85. The molecule has 0 fully saturated rings. The lowest BCUT2D eigenvalue weighted by atomic mass is 10.0. The Labute approximate surface area is 342 Å². The average molecular weight is 748 g/mol. The largest absolute Gasteiger partial charge is 0.309 e. The predicted molar refractivity (Wildman–Crippen MR) is 236 cm³/mol. The first-order chi connectivity index (χ1) is 30.8. The molecule has 6 heteroatoms. The van der Waals surface area contributed by atoms with Crippen molar-refractivity contribution in [1.82, 2.24) is 28.9 Å². The van der Waals surface area contributed by atoms with Gasteiger partial charge in [-0.3, -0.25) is 4.40 Å². The molecule has 0 amide bonds. The van der Waals surface area contributed by atoms with Crippen molar-refractivity contribution in [1.29, 1.82) is 0 Å². The van der Waals surface area contributed by atoms with E-state index in [0.29, 0.717) is 34.5 Å². The minimum atomic E-state index is -0.445. The number of hydrogen-bond donors (Lipinski definition) is 0. The van der Waals surface area contributed by atoms with E-state index in [2.05, 4.69) is 71.3 Å². The van der Waals surface area contributed by atoms with Gasteiger partial charge in [-0.1, -0.05) is 158 Å². The lowest BCUT2D eigenvalue weighted by molar-refractivity contribution is 1.07. The van der Waals surface area contributed by atoms with Crippen molar-refractivity contribution in [3.05, 3.63) is 206 Å². The molecule has 0 unspecified atom stereocenters. The zero-order chi connectivity index (χ0) is 42.8. The molecule has 0 saturated carbocycles. The molecule has 0 aliphatic heterocycles. The fraction of sp³-hybridized carbons (Fsp3) is 0. The highest BCUT2D eigenvalue weighted by Crippen LogP contribution is 2.39. The number of benzene rings is 7. The molecular formula is C52H34N6. The molecule has 0 aliphatic carbocycles. The van der Waals surface area contributed by atoms with Gasteiger partial charge in [-0.15, -0.1) is 0 Å². The summed E-state index contributed by atoms with van der Waals surface area (Å²) in [6.45, 7) is 0. The summed E-state index contributed by atoms with van der Waals surface area (Å²) in [4.78, 5) is 20.2. The second-order valence-corrected chi connectivity index (χ2v) is 14.0. The van der Waals surface area contributed by atoms with Crippen molar-refractivity contribution in [2.75, 3.05) is 0 Å². The van der Waals surface area contributed by atoms with Crippen LogP contribution in [0, 0.1) is 0 Å². The Morgan fingerprint density at radius 3 is 1.66 bits per heavy atom. The number of para-hydroxylation sites is 1. The molecule has 4 aromatic heterocycles. The number of fused-ring (bicyclic) bond motifs is 4. The first kappa shape index (κ1) is 28.4. The van der Waals surface area contributed by atoms with Crippen LogP contribution in [0.5, 0.6) is 0 Å². The monoisotopic (exact) mass is 747 g/mol. The molecule has 272 valence electrons. The van der Waals surface area contributed by atoms with Gasteiger partial charge in [0.15, 0.2) is 17.5 Å². The topological polar surface area (TPSA) is 60.9 Å². The fourth-order valence-corrected chi connectivity index (χ4v) is 7.78. The van der Waals surface area contributed by atoms with Crippen LogP contribution in [-0.2, 0) is 0 Å². The number of nitrogens with zero attached hydrogens (tertiary/aromatic N) is 6. The van der Waals surface area contributed by atoms with E-state index in [0.717, 1.165) is 60.9 Å². The van der Waals surface area contributed by atoms with E-state index in [9.17, 15) is 0 Å². The summed E-state index contributed by atoms with van der Waals surface area (Å²) in [6, 6.07) is 54.7. The van der Waals surface area contributed by atoms with Crippen LogP contribution in [0.2, 0.25) is 0 Å². The highest BCUT2D eigenvalue weighted by atomic mass is 15.0. The third kappa shape index (κ3) is 5.83. The van der Waals surface area contributed by atoms with E-state index >= 15 is 0 Å².